The molecule has 2 rings (SSSR count). The lowest BCUT2D eigenvalue weighted by molar-refractivity contribution is 0.414. The molecule has 0 aliphatic carbocycles. The zero-order valence-corrected chi connectivity index (χ0v) is 12.7. The Morgan fingerprint density at radius 1 is 1.15 bits per heavy atom. The molecule has 2 aromatic rings. The zero-order chi connectivity index (χ0) is 14.4. The minimum atomic E-state index is 0.231. The first-order chi connectivity index (χ1) is 9.74. The maximum atomic E-state index is 5.19. The molecule has 0 fully saturated rings. The second-order valence-corrected chi connectivity index (χ2v) is 5.74. The minimum absolute atomic E-state index is 0.231. The molecular formula is C15H19N3OS. The Morgan fingerprint density at radius 3 is 2.35 bits per heavy atom. The van der Waals surface area contributed by atoms with E-state index in [0.29, 0.717) is 5.25 Å². The van der Waals surface area contributed by atoms with Gasteiger partial charge in [-0.15, -0.1) is 0 Å². The molecule has 0 aliphatic rings. The van der Waals surface area contributed by atoms with Crippen molar-refractivity contribution in [2.24, 2.45) is 0 Å². The highest BCUT2D eigenvalue weighted by Crippen LogP contribution is 2.30. The quantitative estimate of drug-likeness (QED) is 0.654. The zero-order valence-electron chi connectivity index (χ0n) is 11.9. The number of ether oxygens (including phenoxy) is 1. The molecule has 1 heterocycles. The first-order valence-electron chi connectivity index (χ1n) is 6.49. The molecule has 0 radical (unpaired) electrons. The van der Waals surface area contributed by atoms with Crippen molar-refractivity contribution in [1.29, 1.82) is 0 Å². The van der Waals surface area contributed by atoms with Crippen LogP contribution in [0, 0.1) is 0 Å². The maximum absolute atomic E-state index is 5.19. The molecular weight excluding hydrogens is 270 g/mol. The first-order valence-corrected chi connectivity index (χ1v) is 7.37. The SMILES string of the molecule is CNC(c1ccc(OC)cc1)C(C)Sc1ncccn1. The molecule has 20 heavy (non-hydrogen) atoms. The molecule has 2 atom stereocenters. The molecule has 1 aromatic heterocycles. The summed E-state index contributed by atoms with van der Waals surface area (Å²) in [6.45, 7) is 2.17. The molecule has 1 N–H and O–H groups in total. The summed E-state index contributed by atoms with van der Waals surface area (Å²) in [6, 6.07) is 10.2. The fourth-order valence-corrected chi connectivity index (χ4v) is 3.07. The molecule has 0 bridgehead atoms. The average Bonchev–Trinajstić information content (AvgIpc) is 2.49. The molecule has 4 nitrogen and oxygen atoms in total. The second-order valence-electron chi connectivity index (χ2n) is 4.39. The van der Waals surface area contributed by atoms with E-state index in [1.165, 1.54) is 5.56 Å². The van der Waals surface area contributed by atoms with Gasteiger partial charge in [0.05, 0.1) is 7.11 Å². The fraction of sp³-hybridized carbons (Fsp3) is 0.333. The van der Waals surface area contributed by atoms with Gasteiger partial charge in [0, 0.05) is 23.7 Å². The standard InChI is InChI=1S/C15H19N3OS/c1-11(20-15-17-9-4-10-18-15)14(16-2)12-5-7-13(19-3)8-6-12/h4-11,14,16H,1-3H3. The minimum Gasteiger partial charge on any atom is -0.497 e. The molecule has 5 heteroatoms. The predicted molar refractivity (Wildman–Crippen MR) is 82.1 cm³/mol. The summed E-state index contributed by atoms with van der Waals surface area (Å²) in [5.74, 6) is 0.871. The van der Waals surface area contributed by atoms with E-state index in [-0.39, 0.29) is 6.04 Å². The molecule has 0 saturated carbocycles. The van der Waals surface area contributed by atoms with Crippen LogP contribution in [0.4, 0.5) is 0 Å². The van der Waals surface area contributed by atoms with E-state index in [1.807, 2.05) is 25.2 Å². The van der Waals surface area contributed by atoms with Crippen molar-refractivity contribution in [2.45, 2.75) is 23.4 Å². The van der Waals surface area contributed by atoms with Crippen LogP contribution in [0.15, 0.2) is 47.9 Å². The Hall–Kier alpha value is -1.59. The molecule has 1 aromatic carbocycles. The van der Waals surface area contributed by atoms with Gasteiger partial charge in [-0.3, -0.25) is 0 Å². The summed E-state index contributed by atoms with van der Waals surface area (Å²) >= 11 is 1.67. The van der Waals surface area contributed by atoms with Gasteiger partial charge < -0.3 is 10.1 Å². The van der Waals surface area contributed by atoms with E-state index in [9.17, 15) is 0 Å². The van der Waals surface area contributed by atoms with Crippen molar-refractivity contribution in [3.8, 4) is 5.75 Å². The third-order valence-corrected chi connectivity index (χ3v) is 4.15. The monoisotopic (exact) mass is 289 g/mol. The third kappa shape index (κ3) is 3.71. The van der Waals surface area contributed by atoms with Crippen LogP contribution < -0.4 is 10.1 Å². The Morgan fingerprint density at radius 2 is 1.80 bits per heavy atom. The summed E-state index contributed by atoms with van der Waals surface area (Å²) in [7, 11) is 3.65. The van der Waals surface area contributed by atoms with Crippen LogP contribution >= 0.6 is 11.8 Å². The van der Waals surface area contributed by atoms with Crippen molar-refractivity contribution >= 4 is 11.8 Å². The predicted octanol–water partition coefficient (Wildman–Crippen LogP) is 2.93. The van der Waals surface area contributed by atoms with Gasteiger partial charge in [-0.05, 0) is 30.8 Å². The fourth-order valence-electron chi connectivity index (χ4n) is 2.06. The number of hydrogen-bond acceptors (Lipinski definition) is 5. The Bertz CT molecular complexity index is 518. The highest BCUT2D eigenvalue weighted by atomic mass is 32.2. The first kappa shape index (κ1) is 14.8. The van der Waals surface area contributed by atoms with Gasteiger partial charge in [-0.2, -0.15) is 0 Å². The van der Waals surface area contributed by atoms with Gasteiger partial charge in [0.2, 0.25) is 0 Å². The number of aromatic nitrogens is 2. The van der Waals surface area contributed by atoms with Crippen LogP contribution in [-0.4, -0.2) is 29.4 Å². The lowest BCUT2D eigenvalue weighted by Gasteiger charge is -2.23. The number of thioether (sulfide) groups is 1. The van der Waals surface area contributed by atoms with Crippen LogP contribution in [0.2, 0.25) is 0 Å². The van der Waals surface area contributed by atoms with Crippen LogP contribution in [-0.2, 0) is 0 Å². The van der Waals surface area contributed by atoms with Crippen LogP contribution in [0.5, 0.6) is 5.75 Å². The topological polar surface area (TPSA) is 47.0 Å². The molecule has 0 saturated heterocycles. The summed E-state index contributed by atoms with van der Waals surface area (Å²) < 4.78 is 5.19. The van der Waals surface area contributed by atoms with Gasteiger partial charge in [0.25, 0.3) is 0 Å². The highest BCUT2D eigenvalue weighted by Gasteiger charge is 2.19. The van der Waals surface area contributed by atoms with E-state index >= 15 is 0 Å². The lowest BCUT2D eigenvalue weighted by Crippen LogP contribution is -2.25. The maximum Gasteiger partial charge on any atom is 0.187 e. The third-order valence-electron chi connectivity index (χ3n) is 3.09. The van der Waals surface area contributed by atoms with E-state index in [4.69, 9.17) is 4.74 Å². The van der Waals surface area contributed by atoms with Gasteiger partial charge in [0.1, 0.15) is 5.75 Å². The molecule has 0 spiro atoms. The number of rotatable bonds is 6. The number of benzene rings is 1. The number of nitrogens with one attached hydrogen (secondary N) is 1. The van der Waals surface area contributed by atoms with Crippen LogP contribution in [0.3, 0.4) is 0 Å². The molecule has 2 unspecified atom stereocenters. The Kier molecular flexibility index (Phi) is 5.38. The van der Waals surface area contributed by atoms with Crippen molar-refractivity contribution in [1.82, 2.24) is 15.3 Å². The van der Waals surface area contributed by atoms with Gasteiger partial charge in [-0.25, -0.2) is 9.97 Å². The van der Waals surface area contributed by atoms with Crippen molar-refractivity contribution < 1.29 is 4.74 Å². The summed E-state index contributed by atoms with van der Waals surface area (Å²) in [6.07, 6.45) is 3.54. The van der Waals surface area contributed by atoms with Crippen LogP contribution in [0.25, 0.3) is 0 Å². The van der Waals surface area contributed by atoms with Crippen molar-refractivity contribution in [3.05, 3.63) is 48.3 Å². The van der Waals surface area contributed by atoms with Gasteiger partial charge >= 0.3 is 0 Å². The second kappa shape index (κ2) is 7.26. The smallest absolute Gasteiger partial charge is 0.187 e. The van der Waals surface area contributed by atoms with E-state index < -0.39 is 0 Å². The molecule has 0 amide bonds. The number of hydrogen-bond donors (Lipinski definition) is 1. The lowest BCUT2D eigenvalue weighted by atomic mass is 10.0. The van der Waals surface area contributed by atoms with Gasteiger partial charge in [-0.1, -0.05) is 30.8 Å². The number of methoxy groups -OCH3 is 1. The summed E-state index contributed by atoms with van der Waals surface area (Å²) in [5, 5.41) is 4.47. The van der Waals surface area contributed by atoms with E-state index in [0.717, 1.165) is 10.9 Å². The van der Waals surface area contributed by atoms with Gasteiger partial charge in [0.15, 0.2) is 5.16 Å². The largest absolute Gasteiger partial charge is 0.497 e. The molecule has 106 valence electrons. The van der Waals surface area contributed by atoms with Crippen molar-refractivity contribution in [2.75, 3.05) is 14.2 Å². The molecule has 0 aliphatic heterocycles. The summed E-state index contributed by atoms with van der Waals surface area (Å²) in [5.41, 5.74) is 1.23. The summed E-state index contributed by atoms with van der Waals surface area (Å²) in [4.78, 5) is 8.52. The highest BCUT2D eigenvalue weighted by molar-refractivity contribution is 7.99. The normalized spacial score (nSPS) is 13.8. The van der Waals surface area contributed by atoms with Crippen LogP contribution in [0.1, 0.15) is 18.5 Å². The number of nitrogens with zero attached hydrogens (tertiary/aromatic N) is 2. The Labute approximate surface area is 124 Å². The van der Waals surface area contributed by atoms with Crippen molar-refractivity contribution in [3.63, 3.8) is 0 Å². The van der Waals surface area contributed by atoms with E-state index in [2.05, 4.69) is 34.3 Å². The average molecular weight is 289 g/mol. The van der Waals surface area contributed by atoms with E-state index in [1.54, 1.807) is 31.3 Å². The Balaban J connectivity index is 2.10.